The van der Waals surface area contributed by atoms with Crippen molar-refractivity contribution in [3.63, 3.8) is 0 Å². The van der Waals surface area contributed by atoms with Gasteiger partial charge in [-0.05, 0) is 45.0 Å². The molecular formula is C17H24FN3. The average molecular weight is 289 g/mol. The van der Waals surface area contributed by atoms with E-state index in [1.165, 1.54) is 0 Å². The molecule has 0 aliphatic carbocycles. The maximum Gasteiger partial charge on any atom is 0.128 e. The Morgan fingerprint density at radius 2 is 2.10 bits per heavy atom. The van der Waals surface area contributed by atoms with Crippen molar-refractivity contribution in [3.8, 4) is 0 Å². The molecule has 0 spiro atoms. The molecule has 1 aromatic heterocycles. The van der Waals surface area contributed by atoms with Crippen LogP contribution in [0.3, 0.4) is 0 Å². The maximum absolute atomic E-state index is 14.1. The van der Waals surface area contributed by atoms with Gasteiger partial charge in [-0.2, -0.15) is 5.10 Å². The second-order valence-corrected chi connectivity index (χ2v) is 5.61. The molecule has 0 bridgehead atoms. The Bertz CT molecular complexity index is 591. The van der Waals surface area contributed by atoms with Crippen molar-refractivity contribution >= 4 is 0 Å². The number of rotatable bonds is 6. The van der Waals surface area contributed by atoms with Gasteiger partial charge in [0.15, 0.2) is 0 Å². The third-order valence-corrected chi connectivity index (χ3v) is 4.00. The fourth-order valence-corrected chi connectivity index (χ4v) is 2.41. The molecular weight excluding hydrogens is 265 g/mol. The van der Waals surface area contributed by atoms with Crippen molar-refractivity contribution in [2.24, 2.45) is 0 Å². The minimum Gasteiger partial charge on any atom is -0.313 e. The molecule has 2 unspecified atom stereocenters. The van der Waals surface area contributed by atoms with E-state index in [-0.39, 0.29) is 11.9 Å². The molecule has 0 aliphatic heterocycles. The lowest BCUT2D eigenvalue weighted by molar-refractivity contribution is 0.467. The molecule has 0 radical (unpaired) electrons. The summed E-state index contributed by atoms with van der Waals surface area (Å²) in [5, 5.41) is 7.79. The number of benzene rings is 1. The SMILES string of the molecule is CCC(C)n1ccc(CC(NC)c2ccc(C)cc2F)n1. The van der Waals surface area contributed by atoms with E-state index in [0.717, 1.165) is 17.7 Å². The minimum atomic E-state index is -0.157. The number of hydrogen-bond donors (Lipinski definition) is 1. The standard InChI is InChI=1S/C17H24FN3/c1-5-13(3)21-9-8-14(20-21)11-17(19-4)15-7-6-12(2)10-16(15)18/h6-10,13,17,19H,5,11H2,1-4H3. The monoisotopic (exact) mass is 289 g/mol. The number of aromatic nitrogens is 2. The van der Waals surface area contributed by atoms with Crippen molar-refractivity contribution in [2.45, 2.75) is 45.7 Å². The molecule has 0 aliphatic rings. The van der Waals surface area contributed by atoms with Crippen LogP contribution < -0.4 is 5.32 Å². The number of halogens is 1. The first-order valence-electron chi connectivity index (χ1n) is 7.52. The lowest BCUT2D eigenvalue weighted by Gasteiger charge is -2.17. The Kier molecular flexibility index (Phi) is 5.12. The first-order chi connectivity index (χ1) is 10.0. The highest BCUT2D eigenvalue weighted by atomic mass is 19.1. The number of aryl methyl sites for hydroxylation is 1. The van der Waals surface area contributed by atoms with E-state index in [0.29, 0.717) is 18.0 Å². The van der Waals surface area contributed by atoms with Crippen molar-refractivity contribution in [3.05, 3.63) is 53.1 Å². The zero-order valence-corrected chi connectivity index (χ0v) is 13.2. The molecule has 4 heteroatoms. The molecule has 2 aromatic rings. The van der Waals surface area contributed by atoms with Gasteiger partial charge in [0.25, 0.3) is 0 Å². The van der Waals surface area contributed by atoms with Gasteiger partial charge in [0, 0.05) is 30.3 Å². The molecule has 0 amide bonds. The van der Waals surface area contributed by atoms with Crippen LogP contribution in [0.25, 0.3) is 0 Å². The maximum atomic E-state index is 14.1. The predicted octanol–water partition coefficient (Wildman–Crippen LogP) is 3.80. The molecule has 0 fully saturated rings. The summed E-state index contributed by atoms with van der Waals surface area (Å²) >= 11 is 0. The van der Waals surface area contributed by atoms with Crippen LogP contribution in [-0.4, -0.2) is 16.8 Å². The minimum absolute atomic E-state index is 0.0640. The highest BCUT2D eigenvalue weighted by Gasteiger charge is 2.16. The summed E-state index contributed by atoms with van der Waals surface area (Å²) in [5.41, 5.74) is 2.61. The fraction of sp³-hybridized carbons (Fsp3) is 0.471. The largest absolute Gasteiger partial charge is 0.313 e. The molecule has 2 rings (SSSR count). The fourth-order valence-electron chi connectivity index (χ4n) is 2.41. The molecule has 21 heavy (non-hydrogen) atoms. The van der Waals surface area contributed by atoms with Crippen LogP contribution in [0, 0.1) is 12.7 Å². The van der Waals surface area contributed by atoms with Crippen LogP contribution in [0.4, 0.5) is 4.39 Å². The van der Waals surface area contributed by atoms with E-state index >= 15 is 0 Å². The van der Waals surface area contributed by atoms with Crippen LogP contribution in [-0.2, 0) is 6.42 Å². The summed E-state index contributed by atoms with van der Waals surface area (Å²) in [6.07, 6.45) is 3.73. The number of nitrogens with one attached hydrogen (secondary N) is 1. The summed E-state index contributed by atoms with van der Waals surface area (Å²) in [6, 6.07) is 7.73. The average Bonchev–Trinajstić information content (AvgIpc) is 2.93. The van der Waals surface area contributed by atoms with Gasteiger partial charge in [0.05, 0.1) is 5.69 Å². The van der Waals surface area contributed by atoms with Crippen LogP contribution in [0.1, 0.15) is 49.2 Å². The Hall–Kier alpha value is -1.68. The quantitative estimate of drug-likeness (QED) is 0.876. The topological polar surface area (TPSA) is 29.9 Å². The van der Waals surface area contributed by atoms with Crippen molar-refractivity contribution in [1.82, 2.24) is 15.1 Å². The van der Waals surface area contributed by atoms with E-state index in [9.17, 15) is 4.39 Å². The van der Waals surface area contributed by atoms with E-state index in [1.807, 2.05) is 43.0 Å². The van der Waals surface area contributed by atoms with Gasteiger partial charge < -0.3 is 5.32 Å². The third-order valence-electron chi connectivity index (χ3n) is 4.00. The molecule has 114 valence electrons. The van der Waals surface area contributed by atoms with E-state index in [1.54, 1.807) is 6.07 Å². The molecule has 2 atom stereocenters. The number of hydrogen-bond acceptors (Lipinski definition) is 2. The van der Waals surface area contributed by atoms with Crippen LogP contribution in [0.2, 0.25) is 0 Å². The first-order valence-corrected chi connectivity index (χ1v) is 7.52. The summed E-state index contributed by atoms with van der Waals surface area (Å²) < 4.78 is 16.1. The summed E-state index contributed by atoms with van der Waals surface area (Å²) in [6.45, 7) is 6.19. The van der Waals surface area contributed by atoms with E-state index in [4.69, 9.17) is 0 Å². The smallest absolute Gasteiger partial charge is 0.128 e. The second kappa shape index (κ2) is 6.85. The summed E-state index contributed by atoms with van der Waals surface area (Å²) in [5.74, 6) is -0.157. The van der Waals surface area contributed by atoms with Crippen LogP contribution >= 0.6 is 0 Å². The molecule has 1 aromatic carbocycles. The van der Waals surface area contributed by atoms with Gasteiger partial charge in [-0.15, -0.1) is 0 Å². The lowest BCUT2D eigenvalue weighted by atomic mass is 10.0. The van der Waals surface area contributed by atoms with Crippen LogP contribution in [0.15, 0.2) is 30.5 Å². The Morgan fingerprint density at radius 1 is 1.33 bits per heavy atom. The van der Waals surface area contributed by atoms with Gasteiger partial charge in [0.1, 0.15) is 5.82 Å². The van der Waals surface area contributed by atoms with Gasteiger partial charge >= 0.3 is 0 Å². The van der Waals surface area contributed by atoms with Crippen molar-refractivity contribution < 1.29 is 4.39 Å². The highest BCUT2D eigenvalue weighted by molar-refractivity contribution is 5.27. The zero-order valence-electron chi connectivity index (χ0n) is 13.2. The number of likely N-dealkylation sites (N-methyl/N-ethyl adjacent to an activating group) is 1. The summed E-state index contributed by atoms with van der Waals surface area (Å²) in [7, 11) is 1.86. The molecule has 1 heterocycles. The molecule has 3 nitrogen and oxygen atoms in total. The predicted molar refractivity (Wildman–Crippen MR) is 83.9 cm³/mol. The van der Waals surface area contributed by atoms with E-state index < -0.39 is 0 Å². The van der Waals surface area contributed by atoms with Gasteiger partial charge in [-0.25, -0.2) is 4.39 Å². The Labute approximate surface area is 126 Å². The molecule has 0 saturated carbocycles. The lowest BCUT2D eigenvalue weighted by Crippen LogP contribution is -2.20. The second-order valence-electron chi connectivity index (χ2n) is 5.61. The van der Waals surface area contributed by atoms with E-state index in [2.05, 4.69) is 24.3 Å². The molecule has 1 N–H and O–H groups in total. The van der Waals surface area contributed by atoms with Crippen molar-refractivity contribution in [1.29, 1.82) is 0 Å². The molecule has 0 saturated heterocycles. The zero-order chi connectivity index (χ0) is 15.4. The van der Waals surface area contributed by atoms with Gasteiger partial charge in [-0.1, -0.05) is 19.1 Å². The Morgan fingerprint density at radius 3 is 2.71 bits per heavy atom. The van der Waals surface area contributed by atoms with Gasteiger partial charge in [-0.3, -0.25) is 4.68 Å². The normalized spacial score (nSPS) is 14.1. The summed E-state index contributed by atoms with van der Waals surface area (Å²) in [4.78, 5) is 0. The van der Waals surface area contributed by atoms with Gasteiger partial charge in [0.2, 0.25) is 0 Å². The first kappa shape index (κ1) is 15.7. The highest BCUT2D eigenvalue weighted by Crippen LogP contribution is 2.22. The Balaban J connectivity index is 2.17. The third kappa shape index (κ3) is 3.70. The number of nitrogens with zero attached hydrogens (tertiary/aromatic N) is 2. The van der Waals surface area contributed by atoms with Crippen LogP contribution in [0.5, 0.6) is 0 Å². The van der Waals surface area contributed by atoms with Crippen molar-refractivity contribution in [2.75, 3.05) is 7.05 Å².